The molecule has 0 aliphatic heterocycles. The van der Waals surface area contributed by atoms with Gasteiger partial charge in [-0.25, -0.2) is 12.7 Å². The second-order valence-corrected chi connectivity index (χ2v) is 6.46. The molecule has 1 N–H and O–H groups in total. The Balaban J connectivity index is 4.37. The average Bonchev–Trinajstić information content (AvgIpc) is 2.14. The van der Waals surface area contributed by atoms with Crippen molar-refractivity contribution in [3.8, 4) is 0 Å². The molecule has 0 amide bonds. The molecule has 0 heterocycles. The summed E-state index contributed by atoms with van der Waals surface area (Å²) in [7, 11) is -1.79. The average molecular weight is 251 g/mol. The van der Waals surface area contributed by atoms with E-state index in [1.165, 1.54) is 4.31 Å². The molecule has 16 heavy (non-hydrogen) atoms. The Hall–Kier alpha value is -0.620. The van der Waals surface area contributed by atoms with E-state index in [0.29, 0.717) is 0 Å². The van der Waals surface area contributed by atoms with E-state index in [0.717, 1.165) is 0 Å². The lowest BCUT2D eigenvalue weighted by Gasteiger charge is -2.27. The van der Waals surface area contributed by atoms with E-state index in [2.05, 4.69) is 0 Å². The number of hydrogen-bond acceptors (Lipinski definition) is 3. The zero-order chi connectivity index (χ0) is 12.9. The van der Waals surface area contributed by atoms with Gasteiger partial charge in [0, 0.05) is 19.5 Å². The highest BCUT2D eigenvalue weighted by Crippen LogP contribution is 2.13. The normalized spacial score (nSPS) is 14.4. The number of aliphatic carboxylic acids is 1. The molecule has 0 rings (SSSR count). The van der Waals surface area contributed by atoms with Gasteiger partial charge in [0.25, 0.3) is 0 Å². The minimum Gasteiger partial charge on any atom is -0.481 e. The van der Waals surface area contributed by atoms with Gasteiger partial charge in [0.15, 0.2) is 0 Å². The quantitative estimate of drug-likeness (QED) is 0.736. The lowest BCUT2D eigenvalue weighted by Crippen LogP contribution is -2.39. The number of carbonyl (C=O) groups is 1. The van der Waals surface area contributed by atoms with Crippen LogP contribution in [0.15, 0.2) is 0 Å². The molecule has 0 aromatic rings. The Morgan fingerprint density at radius 2 is 1.81 bits per heavy atom. The van der Waals surface area contributed by atoms with Crippen LogP contribution in [0.5, 0.6) is 0 Å². The monoisotopic (exact) mass is 251 g/mol. The van der Waals surface area contributed by atoms with Gasteiger partial charge in [-0.15, -0.1) is 0 Å². The van der Waals surface area contributed by atoms with Crippen LogP contribution in [0, 0.1) is 5.92 Å². The Labute approximate surface area is 97.5 Å². The molecule has 0 aliphatic carbocycles. The number of carboxylic acids is 1. The van der Waals surface area contributed by atoms with Crippen LogP contribution in [0.1, 0.15) is 33.6 Å². The minimum absolute atomic E-state index is 0.0742. The molecule has 6 heteroatoms. The zero-order valence-corrected chi connectivity index (χ0v) is 11.1. The van der Waals surface area contributed by atoms with Crippen LogP contribution in [0.4, 0.5) is 0 Å². The summed E-state index contributed by atoms with van der Waals surface area (Å²) in [6.45, 7) is 5.75. The number of rotatable bonds is 7. The van der Waals surface area contributed by atoms with Gasteiger partial charge in [-0.3, -0.25) is 4.79 Å². The molecular weight excluding hydrogens is 230 g/mol. The maximum absolute atomic E-state index is 11.8. The molecule has 0 aliphatic rings. The van der Waals surface area contributed by atoms with E-state index in [4.69, 9.17) is 5.11 Å². The molecule has 0 aromatic heterocycles. The third kappa shape index (κ3) is 4.94. The molecule has 0 aromatic carbocycles. The lowest BCUT2D eigenvalue weighted by atomic mass is 10.1. The van der Waals surface area contributed by atoms with Crippen LogP contribution in [0.3, 0.4) is 0 Å². The van der Waals surface area contributed by atoms with Crippen LogP contribution >= 0.6 is 0 Å². The summed E-state index contributed by atoms with van der Waals surface area (Å²) in [5, 5.41) is 8.44. The van der Waals surface area contributed by atoms with E-state index in [9.17, 15) is 13.2 Å². The highest BCUT2D eigenvalue weighted by Gasteiger charge is 2.24. The Morgan fingerprint density at radius 1 is 1.31 bits per heavy atom. The van der Waals surface area contributed by atoms with E-state index >= 15 is 0 Å². The highest BCUT2D eigenvalue weighted by molar-refractivity contribution is 7.89. The van der Waals surface area contributed by atoms with E-state index in [1.54, 1.807) is 7.05 Å². The van der Waals surface area contributed by atoms with Crippen molar-refractivity contribution in [3.05, 3.63) is 0 Å². The minimum atomic E-state index is -3.33. The summed E-state index contributed by atoms with van der Waals surface area (Å²) in [6.07, 6.45) is 0.0515. The zero-order valence-electron chi connectivity index (χ0n) is 10.3. The number of nitrogens with zero attached hydrogens (tertiary/aromatic N) is 1. The van der Waals surface area contributed by atoms with Crippen molar-refractivity contribution in [2.24, 2.45) is 5.92 Å². The van der Waals surface area contributed by atoms with E-state index < -0.39 is 16.0 Å². The second-order valence-electron chi connectivity index (χ2n) is 4.31. The predicted molar refractivity (Wildman–Crippen MR) is 62.7 cm³/mol. The van der Waals surface area contributed by atoms with Crippen molar-refractivity contribution < 1.29 is 18.3 Å². The van der Waals surface area contributed by atoms with Crippen LogP contribution in [0.25, 0.3) is 0 Å². The first-order valence-electron chi connectivity index (χ1n) is 5.36. The number of hydrogen-bond donors (Lipinski definition) is 1. The fourth-order valence-electron chi connectivity index (χ4n) is 1.22. The summed E-state index contributed by atoms with van der Waals surface area (Å²) in [5.41, 5.74) is 0. The first-order chi connectivity index (χ1) is 7.18. The van der Waals surface area contributed by atoms with Gasteiger partial charge in [0.1, 0.15) is 0 Å². The van der Waals surface area contributed by atoms with Gasteiger partial charge < -0.3 is 5.11 Å². The lowest BCUT2D eigenvalue weighted by molar-refractivity contribution is -0.137. The first kappa shape index (κ1) is 15.4. The van der Waals surface area contributed by atoms with E-state index in [1.807, 2.05) is 20.8 Å². The third-order valence-corrected chi connectivity index (χ3v) is 4.78. The van der Waals surface area contributed by atoms with Crippen molar-refractivity contribution in [1.29, 1.82) is 0 Å². The summed E-state index contributed by atoms with van der Waals surface area (Å²) in [4.78, 5) is 10.3. The van der Waals surface area contributed by atoms with Crippen LogP contribution in [-0.4, -0.2) is 42.6 Å². The highest BCUT2D eigenvalue weighted by atomic mass is 32.2. The van der Waals surface area contributed by atoms with E-state index in [-0.39, 0.29) is 30.6 Å². The van der Waals surface area contributed by atoms with Crippen molar-refractivity contribution in [1.82, 2.24) is 4.31 Å². The Kier molecular flexibility index (Phi) is 5.96. The fraction of sp³-hybridized carbons (Fsp3) is 0.900. The molecule has 0 saturated heterocycles. The van der Waals surface area contributed by atoms with Gasteiger partial charge in [0.05, 0.1) is 5.75 Å². The summed E-state index contributed by atoms with van der Waals surface area (Å²) in [5.74, 6) is -0.832. The van der Waals surface area contributed by atoms with Crippen molar-refractivity contribution in [3.63, 3.8) is 0 Å². The van der Waals surface area contributed by atoms with Gasteiger partial charge in [-0.2, -0.15) is 0 Å². The van der Waals surface area contributed by atoms with Crippen LogP contribution in [0.2, 0.25) is 0 Å². The first-order valence-corrected chi connectivity index (χ1v) is 6.97. The molecule has 0 fully saturated rings. The van der Waals surface area contributed by atoms with Crippen molar-refractivity contribution in [2.75, 3.05) is 12.8 Å². The molecular formula is C10H21NO4S. The molecule has 0 radical (unpaired) electrons. The fourth-order valence-corrected chi connectivity index (χ4v) is 2.77. The maximum Gasteiger partial charge on any atom is 0.303 e. The summed E-state index contributed by atoms with van der Waals surface area (Å²) in [6, 6.07) is -0.0742. The number of carboxylic acid groups (broad SMARTS) is 1. The van der Waals surface area contributed by atoms with Crippen LogP contribution < -0.4 is 0 Å². The maximum atomic E-state index is 11.8. The molecule has 1 unspecified atom stereocenters. The standard InChI is InChI=1S/C10H21NO4S/c1-8(2)9(3)11(4)16(14,15)7-5-6-10(12)13/h8-9H,5-7H2,1-4H3,(H,12,13). The third-order valence-electron chi connectivity index (χ3n) is 2.77. The molecule has 0 spiro atoms. The molecule has 1 atom stereocenters. The molecule has 5 nitrogen and oxygen atoms in total. The van der Waals surface area contributed by atoms with Crippen molar-refractivity contribution in [2.45, 2.75) is 39.7 Å². The molecule has 96 valence electrons. The molecule has 0 bridgehead atoms. The van der Waals surface area contributed by atoms with Gasteiger partial charge in [0.2, 0.25) is 10.0 Å². The Morgan fingerprint density at radius 3 is 2.19 bits per heavy atom. The van der Waals surface area contributed by atoms with Gasteiger partial charge in [-0.1, -0.05) is 13.8 Å². The smallest absolute Gasteiger partial charge is 0.303 e. The largest absolute Gasteiger partial charge is 0.481 e. The van der Waals surface area contributed by atoms with Crippen LogP contribution in [-0.2, 0) is 14.8 Å². The predicted octanol–water partition coefficient (Wildman–Crippen LogP) is 1.16. The SMILES string of the molecule is CC(C)C(C)N(C)S(=O)(=O)CCCC(=O)O. The van der Waals surface area contributed by atoms with Crippen molar-refractivity contribution >= 4 is 16.0 Å². The summed E-state index contributed by atoms with van der Waals surface area (Å²) >= 11 is 0. The Bertz CT molecular complexity index is 324. The topological polar surface area (TPSA) is 74.7 Å². The van der Waals surface area contributed by atoms with Gasteiger partial charge in [-0.05, 0) is 19.3 Å². The number of sulfonamides is 1. The van der Waals surface area contributed by atoms with Gasteiger partial charge >= 0.3 is 5.97 Å². The second kappa shape index (κ2) is 6.20. The molecule has 0 saturated carbocycles. The summed E-state index contributed by atoms with van der Waals surface area (Å²) < 4.78 is 24.9.